The van der Waals surface area contributed by atoms with Crippen LogP contribution in [0, 0.1) is 0 Å². The molecule has 0 atom stereocenters. The molecule has 1 aromatic carbocycles. The van der Waals surface area contributed by atoms with Crippen molar-refractivity contribution in [3.63, 3.8) is 0 Å². The summed E-state index contributed by atoms with van der Waals surface area (Å²) in [5, 5.41) is 12.1. The number of nitrogens with zero attached hydrogens (tertiary/aromatic N) is 2. The molecular weight excluding hydrogens is 390 g/mol. The molecule has 2 heterocycles. The van der Waals surface area contributed by atoms with E-state index in [0.29, 0.717) is 24.5 Å². The number of carbonyl (C=O) groups is 3. The van der Waals surface area contributed by atoms with E-state index in [-0.39, 0.29) is 24.1 Å². The number of carboxylic acids is 1. The van der Waals surface area contributed by atoms with Gasteiger partial charge in [-0.25, -0.2) is 9.59 Å². The van der Waals surface area contributed by atoms with Crippen molar-refractivity contribution in [2.45, 2.75) is 45.3 Å². The van der Waals surface area contributed by atoms with E-state index < -0.39 is 17.7 Å². The lowest BCUT2D eigenvalue weighted by molar-refractivity contribution is -0.121. The standard InChI is InChI=1S/C21H29N3O6/c1-21(2,3)30-20(28)22-15-6-8-23(9-7-15)10-11-24-16-12-14(19(26)27)4-5-17(16)29-13-18(24)25/h4-5,12,15H,6-11,13H2,1-3H3,(H,22,28)(H,26,27). The molecule has 9 heteroatoms. The summed E-state index contributed by atoms with van der Waals surface area (Å²) in [7, 11) is 0. The summed E-state index contributed by atoms with van der Waals surface area (Å²) >= 11 is 0. The van der Waals surface area contributed by atoms with Gasteiger partial charge in [-0.3, -0.25) is 4.79 Å². The van der Waals surface area contributed by atoms with Crippen LogP contribution in [0.1, 0.15) is 44.0 Å². The van der Waals surface area contributed by atoms with Crippen LogP contribution in [0.4, 0.5) is 10.5 Å². The number of carbonyl (C=O) groups excluding carboxylic acids is 2. The van der Waals surface area contributed by atoms with Crippen LogP contribution in [-0.4, -0.2) is 72.4 Å². The molecule has 2 aliphatic rings. The molecule has 2 aliphatic heterocycles. The Balaban J connectivity index is 1.52. The molecule has 1 saturated heterocycles. The molecule has 1 fully saturated rings. The lowest BCUT2D eigenvalue weighted by Crippen LogP contribution is -2.48. The monoisotopic (exact) mass is 419 g/mol. The number of fused-ring (bicyclic) bond motifs is 1. The molecular formula is C21H29N3O6. The lowest BCUT2D eigenvalue weighted by atomic mass is 10.1. The number of alkyl carbamates (subject to hydrolysis) is 1. The van der Waals surface area contributed by atoms with Crippen LogP contribution in [0.3, 0.4) is 0 Å². The summed E-state index contributed by atoms with van der Waals surface area (Å²) in [6.45, 7) is 8.13. The maximum Gasteiger partial charge on any atom is 0.407 e. The zero-order valence-electron chi connectivity index (χ0n) is 17.6. The molecule has 164 valence electrons. The second kappa shape index (κ2) is 8.91. The van der Waals surface area contributed by atoms with E-state index in [9.17, 15) is 19.5 Å². The van der Waals surface area contributed by atoms with Crippen molar-refractivity contribution in [3.8, 4) is 5.75 Å². The number of piperidine rings is 1. The van der Waals surface area contributed by atoms with Gasteiger partial charge in [0, 0.05) is 32.2 Å². The molecule has 0 aromatic heterocycles. The minimum atomic E-state index is -1.05. The topological polar surface area (TPSA) is 108 Å². The largest absolute Gasteiger partial charge is 0.482 e. The summed E-state index contributed by atoms with van der Waals surface area (Å²) in [4.78, 5) is 39.4. The predicted molar refractivity (Wildman–Crippen MR) is 110 cm³/mol. The summed E-state index contributed by atoms with van der Waals surface area (Å²) in [5.41, 5.74) is 0.0884. The molecule has 3 rings (SSSR count). The molecule has 1 aromatic rings. The number of ether oxygens (including phenoxy) is 2. The highest BCUT2D eigenvalue weighted by molar-refractivity contribution is 5.99. The van der Waals surface area contributed by atoms with Crippen molar-refractivity contribution in [2.24, 2.45) is 0 Å². The van der Waals surface area contributed by atoms with E-state index in [4.69, 9.17) is 9.47 Å². The molecule has 0 saturated carbocycles. The third-order valence-electron chi connectivity index (χ3n) is 5.10. The van der Waals surface area contributed by atoms with E-state index in [2.05, 4.69) is 10.2 Å². The number of aromatic carboxylic acids is 1. The maximum atomic E-state index is 12.4. The van der Waals surface area contributed by atoms with Crippen LogP contribution in [0.15, 0.2) is 18.2 Å². The van der Waals surface area contributed by atoms with E-state index in [1.165, 1.54) is 12.1 Å². The molecule has 0 aliphatic carbocycles. The van der Waals surface area contributed by atoms with E-state index >= 15 is 0 Å². The second-order valence-electron chi connectivity index (χ2n) is 8.58. The second-order valence-corrected chi connectivity index (χ2v) is 8.58. The molecule has 2 amide bonds. The van der Waals surface area contributed by atoms with Gasteiger partial charge in [0.1, 0.15) is 11.4 Å². The van der Waals surface area contributed by atoms with Gasteiger partial charge in [-0.1, -0.05) is 0 Å². The molecule has 0 unspecified atom stereocenters. The first-order valence-electron chi connectivity index (χ1n) is 10.1. The maximum absolute atomic E-state index is 12.4. The Hall–Kier alpha value is -2.81. The number of likely N-dealkylation sites (tertiary alicyclic amines) is 1. The van der Waals surface area contributed by atoms with Crippen LogP contribution >= 0.6 is 0 Å². The number of amides is 2. The normalized spacial score (nSPS) is 17.8. The number of benzene rings is 1. The average Bonchev–Trinajstić information content (AvgIpc) is 2.66. The number of hydrogen-bond acceptors (Lipinski definition) is 6. The Bertz CT molecular complexity index is 811. The van der Waals surface area contributed by atoms with E-state index in [0.717, 1.165) is 25.9 Å². The van der Waals surface area contributed by atoms with Gasteiger partial charge in [-0.05, 0) is 51.8 Å². The fourth-order valence-electron chi connectivity index (χ4n) is 3.60. The zero-order valence-corrected chi connectivity index (χ0v) is 17.6. The molecule has 9 nitrogen and oxygen atoms in total. The number of rotatable bonds is 5. The Kier molecular flexibility index (Phi) is 6.50. The highest BCUT2D eigenvalue weighted by Crippen LogP contribution is 2.33. The molecule has 0 radical (unpaired) electrons. The van der Waals surface area contributed by atoms with Gasteiger partial charge in [0.25, 0.3) is 5.91 Å². The van der Waals surface area contributed by atoms with Gasteiger partial charge < -0.3 is 29.7 Å². The van der Waals surface area contributed by atoms with Crippen LogP contribution in [-0.2, 0) is 9.53 Å². The third-order valence-corrected chi connectivity index (χ3v) is 5.10. The van der Waals surface area contributed by atoms with Crippen LogP contribution in [0.2, 0.25) is 0 Å². The van der Waals surface area contributed by atoms with Gasteiger partial charge in [-0.2, -0.15) is 0 Å². The first-order valence-corrected chi connectivity index (χ1v) is 10.1. The average molecular weight is 419 g/mol. The Morgan fingerprint density at radius 3 is 2.57 bits per heavy atom. The van der Waals surface area contributed by atoms with Crippen LogP contribution in [0.5, 0.6) is 5.75 Å². The van der Waals surface area contributed by atoms with Crippen molar-refractivity contribution < 1.29 is 29.0 Å². The number of hydrogen-bond donors (Lipinski definition) is 2. The van der Waals surface area contributed by atoms with Gasteiger partial charge in [0.05, 0.1) is 11.3 Å². The summed E-state index contributed by atoms with van der Waals surface area (Å²) < 4.78 is 10.7. The minimum Gasteiger partial charge on any atom is -0.482 e. The third kappa shape index (κ3) is 5.63. The fraction of sp³-hybridized carbons (Fsp3) is 0.571. The minimum absolute atomic E-state index is 0.0543. The number of anilines is 1. The van der Waals surface area contributed by atoms with Crippen LogP contribution in [0.25, 0.3) is 0 Å². The summed E-state index contributed by atoms with van der Waals surface area (Å²) in [6.07, 6.45) is 1.21. The van der Waals surface area contributed by atoms with Gasteiger partial charge >= 0.3 is 12.1 Å². The highest BCUT2D eigenvalue weighted by atomic mass is 16.6. The van der Waals surface area contributed by atoms with Crippen molar-refractivity contribution >= 4 is 23.7 Å². The van der Waals surface area contributed by atoms with E-state index in [1.807, 2.05) is 20.8 Å². The number of nitrogens with one attached hydrogen (secondary N) is 1. The first-order chi connectivity index (χ1) is 14.1. The Morgan fingerprint density at radius 2 is 1.93 bits per heavy atom. The summed E-state index contributed by atoms with van der Waals surface area (Å²) in [6, 6.07) is 4.61. The summed E-state index contributed by atoms with van der Waals surface area (Å²) in [5.74, 6) is -0.721. The molecule has 30 heavy (non-hydrogen) atoms. The lowest BCUT2D eigenvalue weighted by Gasteiger charge is -2.35. The van der Waals surface area contributed by atoms with Crippen LogP contribution < -0.4 is 15.0 Å². The quantitative estimate of drug-likeness (QED) is 0.752. The highest BCUT2D eigenvalue weighted by Gasteiger charge is 2.28. The molecule has 0 bridgehead atoms. The van der Waals surface area contributed by atoms with Gasteiger partial charge in [-0.15, -0.1) is 0 Å². The van der Waals surface area contributed by atoms with Crippen molar-refractivity contribution in [2.75, 3.05) is 37.7 Å². The number of carboxylic acid groups (broad SMARTS) is 1. The van der Waals surface area contributed by atoms with Gasteiger partial charge in [0.15, 0.2) is 6.61 Å². The fourth-order valence-corrected chi connectivity index (χ4v) is 3.60. The first kappa shape index (κ1) is 21.9. The van der Waals surface area contributed by atoms with Gasteiger partial charge in [0.2, 0.25) is 0 Å². The zero-order chi connectivity index (χ0) is 21.9. The van der Waals surface area contributed by atoms with Crippen molar-refractivity contribution in [1.29, 1.82) is 0 Å². The van der Waals surface area contributed by atoms with Crippen molar-refractivity contribution in [1.82, 2.24) is 10.2 Å². The Labute approximate surface area is 175 Å². The Morgan fingerprint density at radius 1 is 1.23 bits per heavy atom. The molecule has 0 spiro atoms. The SMILES string of the molecule is CC(C)(C)OC(=O)NC1CCN(CCN2C(=O)COc3ccc(C(=O)O)cc32)CC1. The smallest absolute Gasteiger partial charge is 0.407 e. The van der Waals surface area contributed by atoms with Crippen molar-refractivity contribution in [3.05, 3.63) is 23.8 Å². The molecule has 2 N–H and O–H groups in total. The van der Waals surface area contributed by atoms with E-state index in [1.54, 1.807) is 11.0 Å². The predicted octanol–water partition coefficient (Wildman–Crippen LogP) is 2.10.